The molecule has 1 aromatic heterocycles. The van der Waals surface area contributed by atoms with Crippen LogP contribution in [0.4, 0.5) is 10.6 Å². The molecule has 0 bridgehead atoms. The van der Waals surface area contributed by atoms with Crippen LogP contribution in [0.15, 0.2) is 6.07 Å². The molecule has 2 amide bonds. The maximum atomic E-state index is 11.2. The summed E-state index contributed by atoms with van der Waals surface area (Å²) in [6.45, 7) is 2.60. The van der Waals surface area contributed by atoms with E-state index in [1.54, 1.807) is 0 Å². The van der Waals surface area contributed by atoms with Crippen molar-refractivity contribution >= 4 is 17.8 Å². The second-order valence-electron chi connectivity index (χ2n) is 3.21. The van der Waals surface area contributed by atoms with E-state index in [4.69, 9.17) is 5.11 Å². The molecule has 4 N–H and O–H groups in total. The van der Waals surface area contributed by atoms with Crippen molar-refractivity contribution in [3.63, 3.8) is 0 Å². The Labute approximate surface area is 92.2 Å². The van der Waals surface area contributed by atoms with Crippen molar-refractivity contribution in [2.75, 3.05) is 11.9 Å². The van der Waals surface area contributed by atoms with Crippen molar-refractivity contribution in [1.82, 2.24) is 15.5 Å². The highest BCUT2D eigenvalue weighted by Gasteiger charge is 2.09. The maximum Gasteiger partial charge on any atom is 0.353 e. The van der Waals surface area contributed by atoms with Gasteiger partial charge in [-0.1, -0.05) is 13.3 Å². The predicted molar refractivity (Wildman–Crippen MR) is 57.5 cm³/mol. The highest BCUT2D eigenvalue weighted by atomic mass is 16.4. The fourth-order valence-electron chi connectivity index (χ4n) is 1.03. The van der Waals surface area contributed by atoms with Crippen LogP contribution in [0.2, 0.25) is 0 Å². The molecule has 88 valence electrons. The molecule has 0 saturated heterocycles. The monoisotopic (exact) mass is 226 g/mol. The topological polar surface area (TPSA) is 107 Å². The normalized spacial score (nSPS) is 9.81. The molecule has 0 aliphatic carbocycles. The second-order valence-corrected chi connectivity index (χ2v) is 3.21. The number of nitrogens with zero attached hydrogens (tertiary/aromatic N) is 1. The minimum atomic E-state index is -1.12. The summed E-state index contributed by atoms with van der Waals surface area (Å²) in [6.07, 6.45) is 1.89. The lowest BCUT2D eigenvalue weighted by Gasteiger charge is -2.03. The molecule has 0 saturated carbocycles. The van der Waals surface area contributed by atoms with Gasteiger partial charge < -0.3 is 10.4 Å². The number of urea groups is 1. The molecule has 1 heterocycles. The number of carbonyl (C=O) groups is 2. The van der Waals surface area contributed by atoms with Crippen molar-refractivity contribution in [2.24, 2.45) is 0 Å². The Morgan fingerprint density at radius 3 is 2.88 bits per heavy atom. The Kier molecular flexibility index (Phi) is 4.31. The molecular formula is C9H14N4O3. The molecule has 0 unspecified atom stereocenters. The summed E-state index contributed by atoms with van der Waals surface area (Å²) in [5, 5.41) is 19.6. The number of hydrogen-bond acceptors (Lipinski definition) is 3. The van der Waals surface area contributed by atoms with E-state index in [9.17, 15) is 9.59 Å². The van der Waals surface area contributed by atoms with Crippen molar-refractivity contribution < 1.29 is 14.7 Å². The van der Waals surface area contributed by atoms with Crippen molar-refractivity contribution in [1.29, 1.82) is 0 Å². The SMILES string of the molecule is CCCCNC(=O)Nc1cc(C(=O)O)[nH]n1. The van der Waals surface area contributed by atoms with Gasteiger partial charge in [-0.25, -0.2) is 9.59 Å². The van der Waals surface area contributed by atoms with Crippen LogP contribution in [0.25, 0.3) is 0 Å². The van der Waals surface area contributed by atoms with E-state index in [-0.39, 0.29) is 11.5 Å². The van der Waals surface area contributed by atoms with Gasteiger partial charge in [0.05, 0.1) is 0 Å². The lowest BCUT2D eigenvalue weighted by atomic mass is 10.3. The number of rotatable bonds is 5. The van der Waals surface area contributed by atoms with Gasteiger partial charge in [0.15, 0.2) is 5.82 Å². The average Bonchev–Trinajstić information content (AvgIpc) is 2.66. The van der Waals surface area contributed by atoms with Gasteiger partial charge in [0, 0.05) is 12.6 Å². The zero-order chi connectivity index (χ0) is 12.0. The molecule has 1 rings (SSSR count). The van der Waals surface area contributed by atoms with E-state index in [2.05, 4.69) is 20.8 Å². The first kappa shape index (κ1) is 12.0. The summed E-state index contributed by atoms with van der Waals surface area (Å²) in [4.78, 5) is 21.8. The van der Waals surface area contributed by atoms with Crippen molar-refractivity contribution in [3.05, 3.63) is 11.8 Å². The van der Waals surface area contributed by atoms with Gasteiger partial charge in [-0.2, -0.15) is 5.10 Å². The minimum Gasteiger partial charge on any atom is -0.477 e. The molecule has 7 nitrogen and oxygen atoms in total. The summed E-state index contributed by atoms with van der Waals surface area (Å²) in [5.41, 5.74) is -0.0659. The van der Waals surface area contributed by atoms with Crippen LogP contribution < -0.4 is 10.6 Å². The smallest absolute Gasteiger partial charge is 0.353 e. The first-order valence-electron chi connectivity index (χ1n) is 4.97. The second kappa shape index (κ2) is 5.74. The Bertz CT molecular complexity index is 375. The van der Waals surface area contributed by atoms with E-state index >= 15 is 0 Å². The van der Waals surface area contributed by atoms with E-state index in [1.807, 2.05) is 6.92 Å². The summed E-state index contributed by atoms with van der Waals surface area (Å²) in [6, 6.07) is 0.860. The molecule has 0 radical (unpaired) electrons. The number of carboxylic acids is 1. The molecule has 0 aliphatic rings. The van der Waals surface area contributed by atoms with Crippen LogP contribution in [0.5, 0.6) is 0 Å². The number of unbranched alkanes of at least 4 members (excludes halogenated alkanes) is 1. The summed E-state index contributed by atoms with van der Waals surface area (Å²) >= 11 is 0. The fraction of sp³-hybridized carbons (Fsp3) is 0.444. The minimum absolute atomic E-state index is 0.0659. The highest BCUT2D eigenvalue weighted by Crippen LogP contribution is 2.04. The first-order valence-corrected chi connectivity index (χ1v) is 4.97. The van der Waals surface area contributed by atoms with Crippen molar-refractivity contribution in [3.8, 4) is 0 Å². The number of carbonyl (C=O) groups excluding carboxylic acids is 1. The number of anilines is 1. The number of aromatic nitrogens is 2. The third-order valence-corrected chi connectivity index (χ3v) is 1.87. The number of carboxylic acid groups (broad SMARTS) is 1. The quantitative estimate of drug-likeness (QED) is 0.562. The van der Waals surface area contributed by atoms with Crippen molar-refractivity contribution in [2.45, 2.75) is 19.8 Å². The van der Waals surface area contributed by atoms with E-state index in [1.165, 1.54) is 6.07 Å². The predicted octanol–water partition coefficient (Wildman–Crippen LogP) is 1.03. The first-order chi connectivity index (χ1) is 7.63. The van der Waals surface area contributed by atoms with Crippen LogP contribution in [-0.4, -0.2) is 33.8 Å². The molecule has 0 fully saturated rings. The Balaban J connectivity index is 2.40. The summed E-state index contributed by atoms with van der Waals surface area (Å²) in [5.74, 6) is -0.932. The van der Waals surface area contributed by atoms with E-state index in [0.29, 0.717) is 6.54 Å². The molecule has 0 spiro atoms. The maximum absolute atomic E-state index is 11.2. The molecule has 0 aliphatic heterocycles. The zero-order valence-electron chi connectivity index (χ0n) is 8.91. The van der Waals surface area contributed by atoms with Gasteiger partial charge >= 0.3 is 12.0 Å². The number of hydrogen-bond donors (Lipinski definition) is 4. The van der Waals surface area contributed by atoms with Crippen LogP contribution in [0, 0.1) is 0 Å². The molecule has 7 heteroatoms. The average molecular weight is 226 g/mol. The van der Waals surface area contributed by atoms with Crippen LogP contribution in [0.1, 0.15) is 30.3 Å². The van der Waals surface area contributed by atoms with E-state index < -0.39 is 12.0 Å². The van der Waals surface area contributed by atoms with E-state index in [0.717, 1.165) is 12.8 Å². The van der Waals surface area contributed by atoms with Gasteiger partial charge in [0.2, 0.25) is 0 Å². The lowest BCUT2D eigenvalue weighted by molar-refractivity contribution is 0.0690. The highest BCUT2D eigenvalue weighted by molar-refractivity contribution is 5.91. The van der Waals surface area contributed by atoms with Gasteiger partial charge in [-0.15, -0.1) is 0 Å². The number of nitrogens with one attached hydrogen (secondary N) is 3. The Morgan fingerprint density at radius 1 is 1.56 bits per heavy atom. The van der Waals surface area contributed by atoms with Gasteiger partial charge in [-0.3, -0.25) is 10.4 Å². The third kappa shape index (κ3) is 3.60. The number of amides is 2. The zero-order valence-corrected chi connectivity index (χ0v) is 8.91. The van der Waals surface area contributed by atoms with Crippen LogP contribution in [-0.2, 0) is 0 Å². The fourth-order valence-corrected chi connectivity index (χ4v) is 1.03. The Hall–Kier alpha value is -2.05. The standard InChI is InChI=1S/C9H14N4O3/c1-2-3-4-10-9(16)11-7-5-6(8(14)15)12-13-7/h5H,2-4H2,1H3,(H,14,15)(H3,10,11,12,13,16). The van der Waals surface area contributed by atoms with Crippen LogP contribution >= 0.6 is 0 Å². The number of aromatic amines is 1. The number of aromatic carboxylic acids is 1. The molecule has 0 atom stereocenters. The van der Waals surface area contributed by atoms with Gasteiger partial charge in [0.1, 0.15) is 5.69 Å². The van der Waals surface area contributed by atoms with Crippen LogP contribution in [0.3, 0.4) is 0 Å². The molecule has 0 aromatic carbocycles. The molecular weight excluding hydrogens is 212 g/mol. The molecule has 16 heavy (non-hydrogen) atoms. The Morgan fingerprint density at radius 2 is 2.31 bits per heavy atom. The third-order valence-electron chi connectivity index (χ3n) is 1.87. The largest absolute Gasteiger partial charge is 0.477 e. The number of H-pyrrole nitrogens is 1. The molecule has 1 aromatic rings. The summed E-state index contributed by atoms with van der Waals surface area (Å²) in [7, 11) is 0. The van der Waals surface area contributed by atoms with Gasteiger partial charge in [-0.05, 0) is 6.42 Å². The van der Waals surface area contributed by atoms with Gasteiger partial charge in [0.25, 0.3) is 0 Å². The lowest BCUT2D eigenvalue weighted by Crippen LogP contribution is -2.29. The summed E-state index contributed by atoms with van der Waals surface area (Å²) < 4.78 is 0.